The molecule has 1 amide bonds. The predicted molar refractivity (Wildman–Crippen MR) is 64.9 cm³/mol. The second-order valence-corrected chi connectivity index (χ2v) is 3.73. The lowest BCUT2D eigenvalue weighted by Gasteiger charge is -2.13. The van der Waals surface area contributed by atoms with E-state index in [0.717, 1.165) is 0 Å². The van der Waals surface area contributed by atoms with Gasteiger partial charge in [0, 0.05) is 13.0 Å². The predicted octanol–water partition coefficient (Wildman–Crippen LogP) is -0.277. The highest BCUT2D eigenvalue weighted by Crippen LogP contribution is 2.23. The molecule has 1 atom stereocenters. The van der Waals surface area contributed by atoms with Crippen molar-refractivity contribution >= 4 is 11.9 Å². The van der Waals surface area contributed by atoms with Gasteiger partial charge < -0.3 is 25.4 Å². The van der Waals surface area contributed by atoms with E-state index in [1.54, 1.807) is 12.1 Å². The Morgan fingerprint density at radius 1 is 1.32 bits per heavy atom. The maximum atomic E-state index is 11.5. The van der Waals surface area contributed by atoms with Crippen LogP contribution in [0.5, 0.6) is 11.5 Å². The summed E-state index contributed by atoms with van der Waals surface area (Å²) in [5.41, 5.74) is 0. The smallest absolute Gasteiger partial charge is 0.326 e. The van der Waals surface area contributed by atoms with E-state index in [1.165, 1.54) is 12.1 Å². The summed E-state index contributed by atoms with van der Waals surface area (Å²) in [7, 11) is 0. The number of aliphatic carboxylic acids is 1. The first kappa shape index (κ1) is 14.8. The Morgan fingerprint density at radius 2 is 2.00 bits per heavy atom. The summed E-state index contributed by atoms with van der Waals surface area (Å²) in [6.07, 6.45) is -0.0857. The Labute approximate surface area is 109 Å². The average Bonchev–Trinajstić information content (AvgIpc) is 2.37. The van der Waals surface area contributed by atoms with Gasteiger partial charge >= 0.3 is 5.97 Å². The van der Waals surface area contributed by atoms with E-state index >= 15 is 0 Å². The Hall–Kier alpha value is -2.28. The number of carboxylic acids is 1. The Bertz CT molecular complexity index is 448. The van der Waals surface area contributed by atoms with Crippen LogP contribution in [-0.4, -0.2) is 46.5 Å². The molecule has 1 rings (SSSR count). The fraction of sp³-hybridized carbons (Fsp3) is 0.333. The zero-order valence-electron chi connectivity index (χ0n) is 10.1. The summed E-state index contributed by atoms with van der Waals surface area (Å²) in [4.78, 5) is 22.2. The van der Waals surface area contributed by atoms with Crippen LogP contribution >= 0.6 is 0 Å². The van der Waals surface area contributed by atoms with E-state index < -0.39 is 24.5 Å². The summed E-state index contributed by atoms with van der Waals surface area (Å²) in [5, 5.41) is 29.0. The summed E-state index contributed by atoms with van der Waals surface area (Å²) in [6, 6.07) is 4.94. The molecule has 1 aromatic rings. The highest BCUT2D eigenvalue weighted by atomic mass is 16.5. The molecular weight excluding hydrogens is 254 g/mol. The number of amides is 1. The van der Waals surface area contributed by atoms with Crippen molar-refractivity contribution < 1.29 is 29.6 Å². The second-order valence-electron chi connectivity index (χ2n) is 3.73. The Kier molecular flexibility index (Phi) is 5.62. The average molecular weight is 269 g/mol. The van der Waals surface area contributed by atoms with E-state index in [1.807, 2.05) is 0 Å². The van der Waals surface area contributed by atoms with Gasteiger partial charge in [-0.2, -0.15) is 0 Å². The summed E-state index contributed by atoms with van der Waals surface area (Å²) in [5.74, 6) is -1.86. The van der Waals surface area contributed by atoms with Gasteiger partial charge in [-0.3, -0.25) is 4.79 Å². The normalized spacial score (nSPS) is 11.6. The van der Waals surface area contributed by atoms with Crippen molar-refractivity contribution in [2.24, 2.45) is 0 Å². The molecule has 0 spiro atoms. The quantitative estimate of drug-likeness (QED) is 0.541. The van der Waals surface area contributed by atoms with Gasteiger partial charge in [0.2, 0.25) is 0 Å². The first-order chi connectivity index (χ1) is 9.04. The number of aliphatic hydroxyl groups excluding tert-OH is 1. The molecule has 0 aliphatic carbocycles. The molecule has 7 nitrogen and oxygen atoms in total. The second kappa shape index (κ2) is 7.22. The molecule has 0 aliphatic rings. The lowest BCUT2D eigenvalue weighted by Crippen LogP contribution is -2.43. The van der Waals surface area contributed by atoms with Crippen LogP contribution in [0.1, 0.15) is 6.42 Å². The molecule has 0 bridgehead atoms. The van der Waals surface area contributed by atoms with Gasteiger partial charge in [-0.25, -0.2) is 4.79 Å². The van der Waals surface area contributed by atoms with Crippen LogP contribution in [0.25, 0.3) is 0 Å². The van der Waals surface area contributed by atoms with E-state index in [-0.39, 0.29) is 24.5 Å². The van der Waals surface area contributed by atoms with E-state index in [4.69, 9.17) is 14.9 Å². The number of phenols is 1. The molecule has 1 aromatic carbocycles. The number of ether oxygens (including phenoxy) is 1. The number of carbonyl (C=O) groups excluding carboxylic acids is 1. The van der Waals surface area contributed by atoms with Gasteiger partial charge in [0.1, 0.15) is 6.04 Å². The van der Waals surface area contributed by atoms with Gasteiger partial charge in [0.05, 0.1) is 0 Å². The molecule has 0 saturated carbocycles. The number of carbonyl (C=O) groups is 2. The summed E-state index contributed by atoms with van der Waals surface area (Å²) >= 11 is 0. The minimum Gasteiger partial charge on any atom is -0.504 e. The molecule has 104 valence electrons. The number of hydrogen-bond acceptors (Lipinski definition) is 5. The molecule has 0 heterocycles. The molecule has 4 N–H and O–H groups in total. The first-order valence-electron chi connectivity index (χ1n) is 5.58. The Balaban J connectivity index is 2.47. The van der Waals surface area contributed by atoms with Crippen LogP contribution < -0.4 is 10.1 Å². The van der Waals surface area contributed by atoms with Gasteiger partial charge in [0.25, 0.3) is 5.91 Å². The van der Waals surface area contributed by atoms with Crippen molar-refractivity contribution in [3.05, 3.63) is 24.3 Å². The van der Waals surface area contributed by atoms with Crippen LogP contribution in [0.4, 0.5) is 0 Å². The van der Waals surface area contributed by atoms with Crippen molar-refractivity contribution in [2.45, 2.75) is 12.5 Å². The maximum Gasteiger partial charge on any atom is 0.326 e. The van der Waals surface area contributed by atoms with E-state index in [9.17, 15) is 14.7 Å². The maximum absolute atomic E-state index is 11.5. The minimum atomic E-state index is -1.23. The lowest BCUT2D eigenvalue weighted by atomic mass is 10.2. The molecule has 19 heavy (non-hydrogen) atoms. The number of rotatable bonds is 7. The summed E-state index contributed by atoms with van der Waals surface area (Å²) < 4.78 is 5.04. The fourth-order valence-electron chi connectivity index (χ4n) is 1.34. The SMILES string of the molecule is O=C(COc1ccccc1O)N[C@H](CCO)C(=O)O. The van der Waals surface area contributed by atoms with Crippen LogP contribution in [0.15, 0.2) is 24.3 Å². The molecule has 0 aliphatic heterocycles. The number of carboxylic acid groups (broad SMARTS) is 1. The number of aliphatic hydroxyl groups is 1. The molecule has 0 aromatic heterocycles. The zero-order chi connectivity index (χ0) is 14.3. The monoisotopic (exact) mass is 269 g/mol. The van der Waals surface area contributed by atoms with Crippen LogP contribution in [0, 0.1) is 0 Å². The van der Waals surface area contributed by atoms with Crippen LogP contribution in [-0.2, 0) is 9.59 Å². The molecule has 7 heteroatoms. The molecule has 0 unspecified atom stereocenters. The highest BCUT2D eigenvalue weighted by molar-refractivity contribution is 5.84. The van der Waals surface area contributed by atoms with Crippen molar-refractivity contribution in [3.63, 3.8) is 0 Å². The topological polar surface area (TPSA) is 116 Å². The lowest BCUT2D eigenvalue weighted by molar-refractivity contribution is -0.142. The number of benzene rings is 1. The van der Waals surface area contributed by atoms with Gasteiger partial charge in [-0.15, -0.1) is 0 Å². The number of hydrogen-bond donors (Lipinski definition) is 4. The van der Waals surface area contributed by atoms with E-state index in [0.29, 0.717) is 0 Å². The number of aromatic hydroxyl groups is 1. The van der Waals surface area contributed by atoms with Gasteiger partial charge in [-0.1, -0.05) is 12.1 Å². The van der Waals surface area contributed by atoms with Gasteiger partial charge in [-0.05, 0) is 12.1 Å². The molecule has 0 radical (unpaired) electrons. The molecular formula is C12H15NO6. The van der Waals surface area contributed by atoms with Crippen molar-refractivity contribution in [1.82, 2.24) is 5.32 Å². The number of para-hydroxylation sites is 2. The fourth-order valence-corrected chi connectivity index (χ4v) is 1.34. The number of phenolic OH excluding ortho intramolecular Hbond substituents is 1. The molecule has 0 fully saturated rings. The van der Waals surface area contributed by atoms with Crippen LogP contribution in [0.2, 0.25) is 0 Å². The largest absolute Gasteiger partial charge is 0.504 e. The number of nitrogens with one attached hydrogen (secondary N) is 1. The third kappa shape index (κ3) is 4.84. The summed E-state index contributed by atoms with van der Waals surface area (Å²) in [6.45, 7) is -0.773. The molecule has 0 saturated heterocycles. The highest BCUT2D eigenvalue weighted by Gasteiger charge is 2.19. The van der Waals surface area contributed by atoms with Gasteiger partial charge in [0.15, 0.2) is 18.1 Å². The van der Waals surface area contributed by atoms with Crippen molar-refractivity contribution in [3.8, 4) is 11.5 Å². The third-order valence-electron chi connectivity index (χ3n) is 2.28. The zero-order valence-corrected chi connectivity index (χ0v) is 10.1. The first-order valence-corrected chi connectivity index (χ1v) is 5.58. The van der Waals surface area contributed by atoms with Crippen molar-refractivity contribution in [1.29, 1.82) is 0 Å². The standard InChI is InChI=1S/C12H15NO6/c14-6-5-8(12(17)18)13-11(16)7-19-10-4-2-1-3-9(10)15/h1-4,8,14-15H,5-7H2,(H,13,16)(H,17,18)/t8-/m1/s1. The minimum absolute atomic E-state index is 0.0857. The van der Waals surface area contributed by atoms with E-state index in [2.05, 4.69) is 5.32 Å². The van der Waals surface area contributed by atoms with Crippen molar-refractivity contribution in [2.75, 3.05) is 13.2 Å². The third-order valence-corrected chi connectivity index (χ3v) is 2.28. The Morgan fingerprint density at radius 3 is 2.58 bits per heavy atom. The van der Waals surface area contributed by atoms with Crippen LogP contribution in [0.3, 0.4) is 0 Å².